The van der Waals surface area contributed by atoms with Crippen LogP contribution in [-0.4, -0.2) is 33.3 Å². The van der Waals surface area contributed by atoms with Crippen LogP contribution in [0.3, 0.4) is 0 Å². The second-order valence-corrected chi connectivity index (χ2v) is 4.46. The first-order chi connectivity index (χ1) is 8.72. The predicted octanol–water partition coefficient (Wildman–Crippen LogP) is 1.65. The summed E-state index contributed by atoms with van der Waals surface area (Å²) in [4.78, 5) is 12.9. The second-order valence-electron chi connectivity index (χ2n) is 4.46. The molecule has 0 aromatic carbocycles. The summed E-state index contributed by atoms with van der Waals surface area (Å²) in [5, 5.41) is 4.01. The molecule has 3 heterocycles. The smallest absolute Gasteiger partial charge is 0.276 e. The first kappa shape index (κ1) is 11.3. The van der Waals surface area contributed by atoms with Crippen LogP contribution >= 0.6 is 0 Å². The molecule has 6 nitrogen and oxygen atoms in total. The van der Waals surface area contributed by atoms with E-state index in [0.29, 0.717) is 29.8 Å². The number of aromatic nitrogens is 4. The zero-order valence-electron chi connectivity index (χ0n) is 10.4. The van der Waals surface area contributed by atoms with Crippen molar-refractivity contribution in [2.24, 2.45) is 0 Å². The monoisotopic (exact) mass is 246 g/mol. The van der Waals surface area contributed by atoms with Crippen molar-refractivity contribution in [3.63, 3.8) is 0 Å². The van der Waals surface area contributed by atoms with E-state index in [1.165, 1.54) is 0 Å². The number of hydrogen-bond donors (Lipinski definition) is 0. The summed E-state index contributed by atoms with van der Waals surface area (Å²) in [6.07, 6.45) is 0.945. The molecule has 18 heavy (non-hydrogen) atoms. The Morgan fingerprint density at radius 2 is 2.11 bits per heavy atom. The first-order valence-electron chi connectivity index (χ1n) is 5.96. The van der Waals surface area contributed by atoms with Crippen LogP contribution in [0.2, 0.25) is 0 Å². The molecule has 1 saturated heterocycles. The maximum Gasteiger partial charge on any atom is 0.276 e. The zero-order valence-corrected chi connectivity index (χ0v) is 10.4. The average Bonchev–Trinajstić information content (AvgIpc) is 2.99. The minimum atomic E-state index is 0.242. The minimum Gasteiger partial charge on any atom is -0.381 e. The fourth-order valence-electron chi connectivity index (χ4n) is 2.07. The van der Waals surface area contributed by atoms with Crippen LogP contribution in [0, 0.1) is 13.8 Å². The third kappa shape index (κ3) is 2.11. The van der Waals surface area contributed by atoms with Gasteiger partial charge in [-0.05, 0) is 26.3 Å². The summed E-state index contributed by atoms with van der Waals surface area (Å²) >= 11 is 0. The van der Waals surface area contributed by atoms with Crippen molar-refractivity contribution in [2.75, 3.05) is 13.2 Å². The molecule has 1 aliphatic heterocycles. The van der Waals surface area contributed by atoms with Gasteiger partial charge in [0.15, 0.2) is 5.82 Å². The van der Waals surface area contributed by atoms with Crippen molar-refractivity contribution in [3.05, 3.63) is 23.4 Å². The Hall–Kier alpha value is -1.82. The van der Waals surface area contributed by atoms with Gasteiger partial charge in [0.05, 0.1) is 6.61 Å². The molecular formula is C12H14N4O2. The third-order valence-corrected chi connectivity index (χ3v) is 2.92. The predicted molar refractivity (Wildman–Crippen MR) is 63.0 cm³/mol. The molecule has 0 N–H and O–H groups in total. The lowest BCUT2D eigenvalue weighted by molar-refractivity contribution is 0.192. The molecule has 94 valence electrons. The molecule has 2 aromatic rings. The highest BCUT2D eigenvalue weighted by atomic mass is 16.5. The quantitative estimate of drug-likeness (QED) is 0.802. The van der Waals surface area contributed by atoms with Gasteiger partial charge in [-0.25, -0.2) is 9.97 Å². The van der Waals surface area contributed by atoms with Crippen molar-refractivity contribution in [1.29, 1.82) is 0 Å². The van der Waals surface area contributed by atoms with Crippen molar-refractivity contribution >= 4 is 0 Å². The number of aryl methyl sites for hydroxylation is 2. The molecule has 0 bridgehead atoms. The van der Waals surface area contributed by atoms with Crippen LogP contribution in [0.25, 0.3) is 11.6 Å². The Morgan fingerprint density at radius 1 is 1.22 bits per heavy atom. The number of ether oxygens (including phenoxy) is 1. The molecule has 0 saturated carbocycles. The molecule has 0 amide bonds. The van der Waals surface area contributed by atoms with Gasteiger partial charge in [-0.15, -0.1) is 0 Å². The molecular weight excluding hydrogens is 232 g/mol. The minimum absolute atomic E-state index is 0.242. The third-order valence-electron chi connectivity index (χ3n) is 2.92. The van der Waals surface area contributed by atoms with E-state index < -0.39 is 0 Å². The Balaban J connectivity index is 1.92. The molecule has 1 atom stereocenters. The summed E-state index contributed by atoms with van der Waals surface area (Å²) in [5.74, 6) is 2.10. The molecule has 0 unspecified atom stereocenters. The highest BCUT2D eigenvalue weighted by Gasteiger charge is 2.23. The van der Waals surface area contributed by atoms with E-state index >= 15 is 0 Å². The Kier molecular flexibility index (Phi) is 2.79. The van der Waals surface area contributed by atoms with E-state index in [1.54, 1.807) is 0 Å². The first-order valence-corrected chi connectivity index (χ1v) is 5.96. The van der Waals surface area contributed by atoms with Gasteiger partial charge in [-0.1, -0.05) is 5.16 Å². The highest BCUT2D eigenvalue weighted by molar-refractivity contribution is 5.46. The zero-order chi connectivity index (χ0) is 12.5. The van der Waals surface area contributed by atoms with Crippen molar-refractivity contribution < 1.29 is 9.26 Å². The highest BCUT2D eigenvalue weighted by Crippen LogP contribution is 2.25. The van der Waals surface area contributed by atoms with Crippen LogP contribution in [0.4, 0.5) is 0 Å². The van der Waals surface area contributed by atoms with E-state index in [9.17, 15) is 0 Å². The van der Waals surface area contributed by atoms with Crippen molar-refractivity contribution in [3.8, 4) is 11.6 Å². The van der Waals surface area contributed by atoms with E-state index in [4.69, 9.17) is 9.26 Å². The molecule has 3 rings (SSSR count). The molecule has 0 spiro atoms. The summed E-state index contributed by atoms with van der Waals surface area (Å²) < 4.78 is 10.6. The standard InChI is InChI=1S/C12H14N4O2/c1-7-5-10(14-8(2)13-7)12-15-11(16-18-12)9-3-4-17-6-9/h5,9H,3-4,6H2,1-2H3/t9-/m0/s1. The summed E-state index contributed by atoms with van der Waals surface area (Å²) in [5.41, 5.74) is 1.57. The van der Waals surface area contributed by atoms with E-state index in [2.05, 4.69) is 20.1 Å². The fraction of sp³-hybridized carbons (Fsp3) is 0.500. The second kappa shape index (κ2) is 4.45. The van der Waals surface area contributed by atoms with Crippen molar-refractivity contribution in [1.82, 2.24) is 20.1 Å². The van der Waals surface area contributed by atoms with Gasteiger partial charge in [0.25, 0.3) is 5.89 Å². The normalized spacial score (nSPS) is 19.3. The van der Waals surface area contributed by atoms with E-state index in [-0.39, 0.29) is 5.92 Å². The lowest BCUT2D eigenvalue weighted by atomic mass is 10.1. The van der Waals surface area contributed by atoms with Gasteiger partial charge in [-0.3, -0.25) is 0 Å². The lowest BCUT2D eigenvalue weighted by Crippen LogP contribution is -2.00. The van der Waals surface area contributed by atoms with Gasteiger partial charge < -0.3 is 9.26 Å². The number of hydrogen-bond acceptors (Lipinski definition) is 6. The van der Waals surface area contributed by atoms with Crippen LogP contribution in [0.5, 0.6) is 0 Å². The molecule has 1 aliphatic rings. The summed E-state index contributed by atoms with van der Waals surface area (Å²) in [7, 11) is 0. The molecule has 1 fully saturated rings. The Morgan fingerprint density at radius 3 is 2.83 bits per heavy atom. The maximum atomic E-state index is 5.32. The average molecular weight is 246 g/mol. The van der Waals surface area contributed by atoms with Crippen LogP contribution in [0.15, 0.2) is 10.6 Å². The molecule has 2 aromatic heterocycles. The summed E-state index contributed by atoms with van der Waals surface area (Å²) in [6, 6.07) is 1.84. The maximum absolute atomic E-state index is 5.32. The molecule has 0 aliphatic carbocycles. The topological polar surface area (TPSA) is 73.9 Å². The molecule has 6 heteroatoms. The van der Waals surface area contributed by atoms with E-state index in [0.717, 1.165) is 18.7 Å². The largest absolute Gasteiger partial charge is 0.381 e. The fourth-order valence-corrected chi connectivity index (χ4v) is 2.07. The number of rotatable bonds is 2. The Bertz CT molecular complexity index is 541. The van der Waals surface area contributed by atoms with Gasteiger partial charge in [0.1, 0.15) is 11.5 Å². The van der Waals surface area contributed by atoms with E-state index in [1.807, 2.05) is 19.9 Å². The van der Waals surface area contributed by atoms with Gasteiger partial charge in [0.2, 0.25) is 0 Å². The lowest BCUT2D eigenvalue weighted by Gasteiger charge is -1.99. The Labute approximate surface area is 104 Å². The van der Waals surface area contributed by atoms with Crippen LogP contribution in [-0.2, 0) is 4.74 Å². The number of nitrogens with zero attached hydrogens (tertiary/aromatic N) is 4. The van der Waals surface area contributed by atoms with Crippen LogP contribution < -0.4 is 0 Å². The van der Waals surface area contributed by atoms with Gasteiger partial charge in [-0.2, -0.15) is 4.98 Å². The van der Waals surface area contributed by atoms with Crippen LogP contribution in [0.1, 0.15) is 29.7 Å². The summed E-state index contributed by atoms with van der Waals surface area (Å²) in [6.45, 7) is 5.19. The van der Waals surface area contributed by atoms with Gasteiger partial charge >= 0.3 is 0 Å². The SMILES string of the molecule is Cc1cc(-c2nc([C@H]3CCOC3)no2)nc(C)n1. The molecule has 0 radical (unpaired) electrons. The van der Waals surface area contributed by atoms with Gasteiger partial charge in [0, 0.05) is 18.2 Å². The van der Waals surface area contributed by atoms with Crippen molar-refractivity contribution in [2.45, 2.75) is 26.2 Å².